The highest BCUT2D eigenvalue weighted by Gasteiger charge is 2.47. The normalized spacial score (nSPS) is 15.0. The average Bonchev–Trinajstić information content (AvgIpc) is 1.23. The minimum atomic E-state index is -0.264. The summed E-state index contributed by atoms with van der Waals surface area (Å²) >= 11 is 0. The zero-order valence-corrected chi connectivity index (χ0v) is 60.4. The van der Waals surface area contributed by atoms with Crippen LogP contribution < -0.4 is 19.6 Å². The van der Waals surface area contributed by atoms with Crippen molar-refractivity contribution in [3.05, 3.63) is 324 Å². The molecule has 0 spiro atoms. The van der Waals surface area contributed by atoms with Crippen LogP contribution in [0.4, 0.5) is 68.2 Å². The predicted molar refractivity (Wildman–Crippen MR) is 431 cm³/mol. The first-order valence-electron chi connectivity index (χ1n) is 36.5. The van der Waals surface area contributed by atoms with Gasteiger partial charge in [0.1, 0.15) is 0 Å². The Bertz CT molecular complexity index is 5480. The molecule has 0 bridgehead atoms. The summed E-state index contributed by atoms with van der Waals surface area (Å²) in [5.74, 6) is 0. The molecule has 4 aliphatic heterocycles. The largest absolute Gasteiger partial charge is 0.328 e. The van der Waals surface area contributed by atoms with Crippen molar-refractivity contribution in [2.24, 2.45) is 0 Å². The summed E-state index contributed by atoms with van der Waals surface area (Å²) in [6.45, 7) is 28.4. The van der Waals surface area contributed by atoms with Gasteiger partial charge in [0, 0.05) is 100 Å². The summed E-state index contributed by atoms with van der Waals surface area (Å²) in [7, 11) is 0. The number of nitrogens with zero attached hydrogens (tertiary/aromatic N) is 6. The van der Waals surface area contributed by atoms with E-state index in [1.165, 1.54) is 110 Å². The Balaban J connectivity index is 0.997. The van der Waals surface area contributed by atoms with Crippen molar-refractivity contribution < 1.29 is 0 Å². The minimum Gasteiger partial charge on any atom is -0.328 e. The van der Waals surface area contributed by atoms with Crippen molar-refractivity contribution >= 4 is 112 Å². The quantitative estimate of drug-likeness (QED) is 0.151. The van der Waals surface area contributed by atoms with E-state index in [1.54, 1.807) is 0 Å². The van der Waals surface area contributed by atoms with Gasteiger partial charge in [0.15, 0.2) is 0 Å². The van der Waals surface area contributed by atoms with Gasteiger partial charge in [0.05, 0.1) is 56.9 Å². The van der Waals surface area contributed by atoms with Crippen LogP contribution in [0.2, 0.25) is 0 Å². The lowest BCUT2D eigenvalue weighted by atomic mass is 9.76. The molecule has 2 unspecified atom stereocenters. The fourth-order valence-corrected chi connectivity index (χ4v) is 17.5. The number of rotatable bonds is 8. The van der Waals surface area contributed by atoms with E-state index in [-0.39, 0.29) is 33.7 Å². The van der Waals surface area contributed by atoms with E-state index in [2.05, 4.69) is 391 Å². The van der Waals surface area contributed by atoms with Gasteiger partial charge in [0.25, 0.3) is 0 Å². The van der Waals surface area contributed by atoms with Crippen LogP contribution in [0, 0.1) is 0 Å². The van der Waals surface area contributed by atoms with Crippen LogP contribution >= 0.6 is 0 Å². The second-order valence-corrected chi connectivity index (χ2v) is 33.0. The number of hydrogen-bond donors (Lipinski definition) is 0. The van der Waals surface area contributed by atoms with Crippen molar-refractivity contribution in [2.45, 2.75) is 117 Å². The number of fused-ring (bicyclic) bond motifs is 14. The molecule has 2 aromatic heterocycles. The van der Waals surface area contributed by atoms with E-state index >= 15 is 0 Å². The fraction of sp³-hybridized carbons (Fsp3) is 0.188. The second-order valence-electron chi connectivity index (χ2n) is 33.0. The Morgan fingerprint density at radius 2 is 0.569 bits per heavy atom. The highest BCUT2D eigenvalue weighted by atomic mass is 15.2. The molecule has 2 atom stereocenters. The highest BCUT2D eigenvalue weighted by molar-refractivity contribution is 6.18. The van der Waals surface area contributed by atoms with Crippen LogP contribution in [0.5, 0.6) is 0 Å². The standard InChI is InChI=1S/C96H84N6/c1-93(2,3)59-43-45-81-71(47-59)75-49-61(95(7,8)9)51-77-73-53-69(97(63-31-19-13-20-32-63)64-33-21-14-22-34-64)55-85-87(73)91(101(81)89(75)77)79-57-80-84(58-83(79)99(85)67-39-27-17-28-40-67)100(68-41-29-18-30-42-68)86-56-70(98(65-35-23-15-24-36-65)66-37-25-16-26-38-66)54-74-78-52-62(96(10,11)12)50-76-72-48-60(94(4,5)6)44-46-82(72)102(90(76)78)92(80)88(74)86/h13-58,91-92H,1-12H3. The molecule has 0 saturated carbocycles. The molecule has 0 aliphatic carbocycles. The van der Waals surface area contributed by atoms with Gasteiger partial charge in [-0.2, -0.15) is 0 Å². The Morgan fingerprint density at radius 3 is 0.892 bits per heavy atom. The third-order valence-electron chi connectivity index (χ3n) is 22.5. The Hall–Kier alpha value is -11.3. The van der Waals surface area contributed by atoms with Crippen LogP contribution in [-0.4, -0.2) is 9.13 Å². The number of para-hydroxylation sites is 6. The molecule has 15 aromatic rings. The van der Waals surface area contributed by atoms with Crippen LogP contribution in [0.25, 0.3) is 65.9 Å². The Morgan fingerprint density at radius 1 is 0.255 bits per heavy atom. The van der Waals surface area contributed by atoms with Crippen LogP contribution in [0.15, 0.2) is 279 Å². The zero-order chi connectivity index (χ0) is 69.6. The maximum Gasteiger partial charge on any atom is 0.0892 e. The molecule has 19 rings (SSSR count). The first kappa shape index (κ1) is 61.7. The number of hydrogen-bond acceptors (Lipinski definition) is 4. The summed E-state index contributed by atoms with van der Waals surface area (Å²) < 4.78 is 5.58. The van der Waals surface area contributed by atoms with E-state index in [4.69, 9.17) is 0 Å². The Kier molecular flexibility index (Phi) is 13.4. The van der Waals surface area contributed by atoms with E-state index < -0.39 is 0 Å². The number of aromatic nitrogens is 2. The maximum atomic E-state index is 2.79. The summed E-state index contributed by atoms with van der Waals surface area (Å²) in [5.41, 5.74) is 33.3. The molecule has 0 fully saturated rings. The van der Waals surface area contributed by atoms with Crippen molar-refractivity contribution in [2.75, 3.05) is 19.6 Å². The van der Waals surface area contributed by atoms with Crippen LogP contribution in [0.3, 0.4) is 0 Å². The maximum absolute atomic E-state index is 2.79. The summed E-state index contributed by atoms with van der Waals surface area (Å²) in [4.78, 5) is 10.2. The molecule has 6 nitrogen and oxygen atoms in total. The van der Waals surface area contributed by atoms with Crippen LogP contribution in [0.1, 0.15) is 140 Å². The fourth-order valence-electron chi connectivity index (χ4n) is 17.5. The topological polar surface area (TPSA) is 22.8 Å². The highest BCUT2D eigenvalue weighted by Crippen LogP contribution is 2.65. The van der Waals surface area contributed by atoms with Crippen molar-refractivity contribution in [3.63, 3.8) is 0 Å². The predicted octanol–water partition coefficient (Wildman–Crippen LogP) is 26.8. The molecule has 102 heavy (non-hydrogen) atoms. The monoisotopic (exact) mass is 1320 g/mol. The molecular formula is C96H84N6. The molecule has 0 radical (unpaired) electrons. The Labute approximate surface area is 599 Å². The van der Waals surface area contributed by atoms with Gasteiger partial charge in [-0.3, -0.25) is 0 Å². The van der Waals surface area contributed by atoms with Gasteiger partial charge in [-0.25, -0.2) is 0 Å². The van der Waals surface area contributed by atoms with Gasteiger partial charge in [-0.05, 0) is 213 Å². The molecular weight excluding hydrogens is 1240 g/mol. The summed E-state index contributed by atoms with van der Waals surface area (Å²) in [6, 6.07) is 106. The lowest BCUT2D eigenvalue weighted by molar-refractivity contribution is 0.590. The van der Waals surface area contributed by atoms with Gasteiger partial charge >= 0.3 is 0 Å². The third kappa shape index (κ3) is 9.30. The number of benzene rings is 13. The second kappa shape index (κ2) is 22.1. The summed E-state index contributed by atoms with van der Waals surface area (Å²) in [5, 5.41) is 5.17. The van der Waals surface area contributed by atoms with Gasteiger partial charge in [0.2, 0.25) is 0 Å². The van der Waals surface area contributed by atoms with E-state index in [0.717, 1.165) is 68.2 Å². The zero-order valence-electron chi connectivity index (χ0n) is 60.4. The SMILES string of the molecule is CC(C)(C)c1ccc2c(c1)c1cc(C(C)(C)C)cc3c1n2C1c2cc4c(cc2N(c2ccccc2)c2cc(N(c5ccccc5)c5ccccc5)cc-3c21)N(c1ccccc1)c1cc(N(c2ccccc2)c2ccccc2)cc2c1C4n1c3ccc(C(C)(C)C)cc3c3cc(C(C)(C)C)cc-2c31. The summed E-state index contributed by atoms with van der Waals surface area (Å²) in [6.07, 6.45) is 0. The van der Waals surface area contributed by atoms with Crippen molar-refractivity contribution in [3.8, 4) is 22.3 Å². The molecule has 6 heteroatoms. The lowest BCUT2D eigenvalue weighted by Crippen LogP contribution is -2.32. The molecule has 498 valence electrons. The third-order valence-corrected chi connectivity index (χ3v) is 22.5. The van der Waals surface area contributed by atoms with E-state index in [9.17, 15) is 0 Å². The van der Waals surface area contributed by atoms with Gasteiger partial charge < -0.3 is 28.7 Å². The smallest absolute Gasteiger partial charge is 0.0892 e. The molecule has 4 aliphatic rings. The molecule has 0 amide bonds. The molecule has 0 N–H and O–H groups in total. The minimum absolute atomic E-state index is 0.0828. The first-order chi connectivity index (χ1) is 49.2. The van der Waals surface area contributed by atoms with Crippen LogP contribution in [-0.2, 0) is 21.7 Å². The van der Waals surface area contributed by atoms with E-state index in [1.807, 2.05) is 0 Å². The first-order valence-corrected chi connectivity index (χ1v) is 36.5. The van der Waals surface area contributed by atoms with Crippen molar-refractivity contribution in [1.29, 1.82) is 0 Å². The van der Waals surface area contributed by atoms with E-state index in [0.29, 0.717) is 0 Å². The lowest BCUT2D eigenvalue weighted by Gasteiger charge is -2.46. The average molecular weight is 1320 g/mol. The number of anilines is 12. The molecule has 13 aromatic carbocycles. The van der Waals surface area contributed by atoms with Crippen molar-refractivity contribution in [1.82, 2.24) is 9.13 Å². The van der Waals surface area contributed by atoms with Gasteiger partial charge in [-0.15, -0.1) is 0 Å². The molecule has 6 heterocycles. The molecule has 0 saturated heterocycles. The van der Waals surface area contributed by atoms with Gasteiger partial charge in [-0.1, -0.05) is 204 Å².